The zero-order valence-electron chi connectivity index (χ0n) is 17.7. The lowest BCUT2D eigenvalue weighted by atomic mass is 10.2. The Morgan fingerprint density at radius 1 is 1.03 bits per heavy atom. The van der Waals surface area contributed by atoms with Crippen molar-refractivity contribution in [1.29, 1.82) is 0 Å². The van der Waals surface area contributed by atoms with E-state index in [0.717, 1.165) is 36.3 Å². The van der Waals surface area contributed by atoms with E-state index in [0.29, 0.717) is 25.2 Å². The lowest BCUT2D eigenvalue weighted by Crippen LogP contribution is -2.51. The van der Waals surface area contributed by atoms with Gasteiger partial charge in [0, 0.05) is 50.2 Å². The van der Waals surface area contributed by atoms with E-state index in [9.17, 15) is 9.59 Å². The number of aromatic nitrogens is 2. The first-order valence-corrected chi connectivity index (χ1v) is 10.5. The van der Waals surface area contributed by atoms with Crippen LogP contribution >= 0.6 is 0 Å². The van der Waals surface area contributed by atoms with Crippen molar-refractivity contribution in [3.63, 3.8) is 0 Å². The number of fused-ring (bicyclic) bond motifs is 1. The zero-order valence-corrected chi connectivity index (χ0v) is 17.7. The van der Waals surface area contributed by atoms with E-state index in [1.807, 2.05) is 29.2 Å². The molecular weight excluding hydrogens is 394 g/mol. The smallest absolute Gasteiger partial charge is 0.251 e. The molecule has 1 aliphatic rings. The summed E-state index contributed by atoms with van der Waals surface area (Å²) in [7, 11) is 1.60. The summed E-state index contributed by atoms with van der Waals surface area (Å²) in [5.41, 5.74) is 1.59. The Labute approximate surface area is 181 Å². The molecule has 0 bridgehead atoms. The summed E-state index contributed by atoms with van der Waals surface area (Å²) in [6.45, 7) is 4.54. The van der Waals surface area contributed by atoms with Crippen molar-refractivity contribution in [2.75, 3.05) is 46.4 Å². The number of rotatable bonds is 7. The molecule has 1 aromatic heterocycles. The highest BCUT2D eigenvalue weighted by Gasteiger charge is 2.21. The lowest BCUT2D eigenvalue weighted by molar-refractivity contribution is -0.133. The Balaban J connectivity index is 1.19. The molecule has 1 aliphatic heterocycles. The number of nitrogens with zero attached hydrogens (tertiary/aromatic N) is 4. The van der Waals surface area contributed by atoms with Crippen LogP contribution in [0.2, 0.25) is 0 Å². The molecule has 4 rings (SSSR count). The van der Waals surface area contributed by atoms with Crippen LogP contribution < -0.4 is 10.1 Å². The summed E-state index contributed by atoms with van der Waals surface area (Å²) in [5, 5.41) is 8.34. The van der Waals surface area contributed by atoms with Crippen molar-refractivity contribution in [3.05, 3.63) is 60.3 Å². The summed E-state index contributed by atoms with van der Waals surface area (Å²) in [6, 6.07) is 15.0. The third-order valence-electron chi connectivity index (χ3n) is 5.63. The number of piperazine rings is 1. The molecule has 1 fully saturated rings. The Bertz CT molecular complexity index is 1040. The average Bonchev–Trinajstić information content (AvgIpc) is 3.22. The molecule has 0 radical (unpaired) electrons. The average molecular weight is 422 g/mol. The van der Waals surface area contributed by atoms with Crippen LogP contribution in [0.15, 0.2) is 54.7 Å². The second-order valence-corrected chi connectivity index (χ2v) is 7.57. The standard InChI is InChI=1S/C23H27N5O3/c1-31-20-8-6-18(7-9-20)23(30)24-10-11-26-12-14-27(15-13-26)22(29)17-28-21-5-3-2-4-19(21)16-25-28/h2-9,16H,10-15,17H2,1H3,(H,24,30). The second kappa shape index (κ2) is 9.61. The molecule has 0 atom stereocenters. The number of ether oxygens (including phenoxy) is 1. The number of benzene rings is 2. The van der Waals surface area contributed by atoms with Gasteiger partial charge in [0.15, 0.2) is 0 Å². The monoisotopic (exact) mass is 421 g/mol. The van der Waals surface area contributed by atoms with Crippen LogP contribution in [0, 0.1) is 0 Å². The highest BCUT2D eigenvalue weighted by Crippen LogP contribution is 2.13. The quantitative estimate of drug-likeness (QED) is 0.627. The largest absolute Gasteiger partial charge is 0.497 e. The fraction of sp³-hybridized carbons (Fsp3) is 0.348. The number of methoxy groups -OCH3 is 1. The second-order valence-electron chi connectivity index (χ2n) is 7.57. The van der Waals surface area contributed by atoms with Gasteiger partial charge in [0.05, 0.1) is 18.8 Å². The maximum atomic E-state index is 12.7. The van der Waals surface area contributed by atoms with Gasteiger partial charge in [-0.15, -0.1) is 0 Å². The van der Waals surface area contributed by atoms with Crippen LogP contribution in [0.4, 0.5) is 0 Å². The van der Waals surface area contributed by atoms with Gasteiger partial charge >= 0.3 is 0 Å². The Kier molecular flexibility index (Phi) is 6.47. The Morgan fingerprint density at radius 3 is 2.52 bits per heavy atom. The van der Waals surface area contributed by atoms with E-state index in [1.54, 1.807) is 42.3 Å². The highest BCUT2D eigenvalue weighted by molar-refractivity contribution is 5.94. The van der Waals surface area contributed by atoms with Gasteiger partial charge < -0.3 is 15.0 Å². The van der Waals surface area contributed by atoms with Crippen LogP contribution in [0.5, 0.6) is 5.75 Å². The van der Waals surface area contributed by atoms with Crippen molar-refractivity contribution in [3.8, 4) is 5.75 Å². The predicted octanol–water partition coefficient (Wildman–Crippen LogP) is 1.62. The van der Waals surface area contributed by atoms with E-state index in [-0.39, 0.29) is 18.4 Å². The molecule has 1 saturated heterocycles. The lowest BCUT2D eigenvalue weighted by Gasteiger charge is -2.34. The third kappa shape index (κ3) is 5.03. The predicted molar refractivity (Wildman–Crippen MR) is 118 cm³/mol. The van der Waals surface area contributed by atoms with Gasteiger partial charge in [-0.25, -0.2) is 0 Å². The Hall–Kier alpha value is -3.39. The molecule has 3 aromatic rings. The molecule has 2 amide bonds. The van der Waals surface area contributed by atoms with Crippen molar-refractivity contribution in [2.45, 2.75) is 6.54 Å². The first-order chi connectivity index (χ1) is 15.1. The minimum atomic E-state index is -0.0945. The van der Waals surface area contributed by atoms with Gasteiger partial charge in [-0.3, -0.25) is 19.2 Å². The fourth-order valence-corrected chi connectivity index (χ4v) is 3.77. The SMILES string of the molecule is COc1ccc(C(=O)NCCN2CCN(C(=O)Cn3ncc4ccccc43)CC2)cc1. The molecule has 0 aliphatic carbocycles. The van der Waals surface area contributed by atoms with Gasteiger partial charge in [0.2, 0.25) is 5.91 Å². The van der Waals surface area contributed by atoms with Crippen molar-refractivity contribution in [2.24, 2.45) is 0 Å². The van der Waals surface area contributed by atoms with Crippen LogP contribution in [0.25, 0.3) is 10.9 Å². The van der Waals surface area contributed by atoms with Gasteiger partial charge in [-0.05, 0) is 30.3 Å². The highest BCUT2D eigenvalue weighted by atomic mass is 16.5. The summed E-state index contributed by atoms with van der Waals surface area (Å²) < 4.78 is 6.87. The van der Waals surface area contributed by atoms with E-state index in [2.05, 4.69) is 15.3 Å². The normalized spacial score (nSPS) is 14.5. The zero-order chi connectivity index (χ0) is 21.6. The van der Waals surface area contributed by atoms with Crippen LogP contribution in [0.1, 0.15) is 10.4 Å². The number of carbonyl (C=O) groups is 2. The van der Waals surface area contributed by atoms with Crippen LogP contribution in [0.3, 0.4) is 0 Å². The minimum Gasteiger partial charge on any atom is -0.497 e. The van der Waals surface area contributed by atoms with E-state index in [1.165, 1.54) is 0 Å². The van der Waals surface area contributed by atoms with E-state index < -0.39 is 0 Å². The summed E-state index contributed by atoms with van der Waals surface area (Å²) >= 11 is 0. The summed E-state index contributed by atoms with van der Waals surface area (Å²) in [4.78, 5) is 29.1. The van der Waals surface area contributed by atoms with Gasteiger partial charge in [-0.1, -0.05) is 18.2 Å². The molecule has 162 valence electrons. The fourth-order valence-electron chi connectivity index (χ4n) is 3.77. The number of hydrogen-bond acceptors (Lipinski definition) is 5. The number of carbonyl (C=O) groups excluding carboxylic acids is 2. The van der Waals surface area contributed by atoms with Gasteiger partial charge in [0.25, 0.3) is 5.91 Å². The number of amides is 2. The van der Waals surface area contributed by atoms with Crippen molar-refractivity contribution >= 4 is 22.7 Å². The summed E-state index contributed by atoms with van der Waals surface area (Å²) in [5.74, 6) is 0.717. The van der Waals surface area contributed by atoms with Crippen LogP contribution in [-0.2, 0) is 11.3 Å². The molecule has 31 heavy (non-hydrogen) atoms. The Morgan fingerprint density at radius 2 is 1.77 bits per heavy atom. The molecule has 0 spiro atoms. The third-order valence-corrected chi connectivity index (χ3v) is 5.63. The molecule has 8 nitrogen and oxygen atoms in total. The topological polar surface area (TPSA) is 79.7 Å². The number of hydrogen-bond donors (Lipinski definition) is 1. The molecule has 1 N–H and O–H groups in total. The van der Waals surface area contributed by atoms with Crippen molar-refractivity contribution in [1.82, 2.24) is 24.9 Å². The summed E-state index contributed by atoms with van der Waals surface area (Å²) in [6.07, 6.45) is 1.79. The molecule has 0 saturated carbocycles. The number of nitrogens with one attached hydrogen (secondary N) is 1. The molecule has 2 heterocycles. The maximum Gasteiger partial charge on any atom is 0.251 e. The maximum absolute atomic E-state index is 12.7. The molecular formula is C23H27N5O3. The van der Waals surface area contributed by atoms with Gasteiger partial charge in [-0.2, -0.15) is 5.10 Å². The molecule has 2 aromatic carbocycles. The van der Waals surface area contributed by atoms with E-state index >= 15 is 0 Å². The minimum absolute atomic E-state index is 0.0845. The molecule has 0 unspecified atom stereocenters. The molecule has 8 heteroatoms. The first-order valence-electron chi connectivity index (χ1n) is 10.5. The van der Waals surface area contributed by atoms with Crippen molar-refractivity contribution < 1.29 is 14.3 Å². The van der Waals surface area contributed by atoms with Gasteiger partial charge in [0.1, 0.15) is 12.3 Å². The van der Waals surface area contributed by atoms with Crippen LogP contribution in [-0.4, -0.2) is 77.8 Å². The first kappa shape index (κ1) is 20.9. The van der Waals surface area contributed by atoms with E-state index in [4.69, 9.17) is 4.74 Å². The number of para-hydroxylation sites is 1.